The molecule has 0 radical (unpaired) electrons. The van der Waals surface area contributed by atoms with Gasteiger partial charge < -0.3 is 18.9 Å². The van der Waals surface area contributed by atoms with Gasteiger partial charge in [0, 0.05) is 6.42 Å². The number of epoxide rings is 2. The van der Waals surface area contributed by atoms with Crippen LogP contribution in [0, 0.1) is 5.41 Å². The molecule has 6 rings (SSSR count). The summed E-state index contributed by atoms with van der Waals surface area (Å²) in [5, 5.41) is 0. The standard InChI is InChI=1S/C39H44O4/c1-27(2)32-17-18-33(38(20-32)43-26-36-24-41-36)19-28-9-13-30(14-10-28)31-15-11-29(12-16-31)21-39(3,4)22-34-7-5-6-8-37(34)42-25-35-23-40-35/h5-18,20,27,35-36H,19,21-26H2,1-4H3. The Labute approximate surface area is 257 Å². The molecule has 224 valence electrons. The van der Waals surface area contributed by atoms with Gasteiger partial charge in [-0.25, -0.2) is 0 Å². The molecule has 0 bridgehead atoms. The van der Waals surface area contributed by atoms with Gasteiger partial charge in [0.15, 0.2) is 0 Å². The van der Waals surface area contributed by atoms with E-state index in [1.807, 2.05) is 6.07 Å². The number of ether oxygens (including phenoxy) is 4. The zero-order chi connectivity index (χ0) is 29.8. The summed E-state index contributed by atoms with van der Waals surface area (Å²) >= 11 is 0. The summed E-state index contributed by atoms with van der Waals surface area (Å²) in [7, 11) is 0. The van der Waals surface area contributed by atoms with Crippen molar-refractivity contribution in [1.82, 2.24) is 0 Å². The first-order valence-electron chi connectivity index (χ1n) is 15.7. The highest BCUT2D eigenvalue weighted by atomic mass is 16.6. The lowest BCUT2D eigenvalue weighted by atomic mass is 9.80. The molecule has 4 heteroatoms. The van der Waals surface area contributed by atoms with Crippen molar-refractivity contribution in [3.05, 3.63) is 119 Å². The van der Waals surface area contributed by atoms with Crippen LogP contribution in [0.3, 0.4) is 0 Å². The molecule has 4 nitrogen and oxygen atoms in total. The number of para-hydroxylation sites is 1. The lowest BCUT2D eigenvalue weighted by molar-refractivity contribution is 0.257. The van der Waals surface area contributed by atoms with Crippen LogP contribution in [0.15, 0.2) is 91.0 Å². The van der Waals surface area contributed by atoms with Gasteiger partial charge >= 0.3 is 0 Å². The van der Waals surface area contributed by atoms with E-state index < -0.39 is 0 Å². The van der Waals surface area contributed by atoms with E-state index in [0.717, 1.165) is 44.0 Å². The first-order valence-corrected chi connectivity index (χ1v) is 15.7. The molecule has 0 amide bonds. The summed E-state index contributed by atoms with van der Waals surface area (Å²) in [5.41, 5.74) is 8.98. The van der Waals surface area contributed by atoms with Crippen molar-refractivity contribution in [2.45, 2.75) is 65.1 Å². The molecule has 2 atom stereocenters. The monoisotopic (exact) mass is 576 g/mol. The molecule has 2 saturated heterocycles. The predicted octanol–water partition coefficient (Wildman–Crippen LogP) is 8.43. The summed E-state index contributed by atoms with van der Waals surface area (Å²) < 4.78 is 22.9. The number of benzene rings is 4. The number of rotatable bonds is 14. The Morgan fingerprint density at radius 2 is 1.26 bits per heavy atom. The van der Waals surface area contributed by atoms with Gasteiger partial charge in [-0.05, 0) is 75.3 Å². The predicted molar refractivity (Wildman–Crippen MR) is 173 cm³/mol. The molecule has 2 fully saturated rings. The molecule has 43 heavy (non-hydrogen) atoms. The van der Waals surface area contributed by atoms with Gasteiger partial charge in [0.1, 0.15) is 36.9 Å². The normalized spacial score (nSPS) is 17.6. The molecular weight excluding hydrogens is 532 g/mol. The maximum Gasteiger partial charge on any atom is 0.123 e. The lowest BCUT2D eigenvalue weighted by Crippen LogP contribution is -2.19. The minimum Gasteiger partial charge on any atom is -0.491 e. The molecule has 0 aliphatic carbocycles. The zero-order valence-corrected chi connectivity index (χ0v) is 26.0. The average molecular weight is 577 g/mol. The van der Waals surface area contributed by atoms with Crippen LogP contribution in [-0.4, -0.2) is 38.6 Å². The summed E-state index contributed by atoms with van der Waals surface area (Å²) in [4.78, 5) is 0. The van der Waals surface area contributed by atoms with Crippen LogP contribution in [0.1, 0.15) is 61.4 Å². The van der Waals surface area contributed by atoms with Gasteiger partial charge in [-0.15, -0.1) is 0 Å². The fourth-order valence-corrected chi connectivity index (χ4v) is 5.68. The quantitative estimate of drug-likeness (QED) is 0.141. The summed E-state index contributed by atoms with van der Waals surface area (Å²) in [5.74, 6) is 2.43. The molecule has 0 saturated carbocycles. The minimum atomic E-state index is 0.0975. The summed E-state index contributed by atoms with van der Waals surface area (Å²) in [6, 6.07) is 33.1. The van der Waals surface area contributed by atoms with Gasteiger partial charge in [-0.3, -0.25) is 0 Å². The van der Waals surface area contributed by atoms with E-state index in [2.05, 4.69) is 113 Å². The highest BCUT2D eigenvalue weighted by Gasteiger charge is 2.26. The smallest absolute Gasteiger partial charge is 0.123 e. The topological polar surface area (TPSA) is 43.5 Å². The number of hydrogen-bond acceptors (Lipinski definition) is 4. The van der Waals surface area contributed by atoms with Crippen molar-refractivity contribution in [2.75, 3.05) is 26.4 Å². The van der Waals surface area contributed by atoms with E-state index in [1.165, 1.54) is 38.9 Å². The Morgan fingerprint density at radius 1 is 0.674 bits per heavy atom. The van der Waals surface area contributed by atoms with Crippen molar-refractivity contribution < 1.29 is 18.9 Å². The zero-order valence-electron chi connectivity index (χ0n) is 26.0. The molecule has 2 aliphatic rings. The van der Waals surface area contributed by atoms with Gasteiger partial charge in [-0.2, -0.15) is 0 Å². The fraction of sp³-hybridized carbons (Fsp3) is 0.385. The van der Waals surface area contributed by atoms with Crippen molar-refractivity contribution in [3.63, 3.8) is 0 Å². The lowest BCUT2D eigenvalue weighted by Gasteiger charge is -2.26. The van der Waals surface area contributed by atoms with Crippen LogP contribution < -0.4 is 9.47 Å². The van der Waals surface area contributed by atoms with Crippen LogP contribution in [0.25, 0.3) is 11.1 Å². The Hall–Kier alpha value is -3.60. The number of hydrogen-bond donors (Lipinski definition) is 0. The second kappa shape index (κ2) is 13.0. The molecular formula is C39H44O4. The second-order valence-corrected chi connectivity index (χ2v) is 13.3. The first-order chi connectivity index (χ1) is 20.8. The molecule has 4 aromatic carbocycles. The van der Waals surface area contributed by atoms with Crippen LogP contribution in [0.5, 0.6) is 11.5 Å². The average Bonchev–Trinajstić information content (AvgIpc) is 3.93. The Kier molecular flexibility index (Phi) is 8.88. The molecule has 4 aromatic rings. The van der Waals surface area contributed by atoms with Crippen molar-refractivity contribution in [2.24, 2.45) is 5.41 Å². The maximum absolute atomic E-state index is 6.19. The van der Waals surface area contributed by atoms with Crippen molar-refractivity contribution in [1.29, 1.82) is 0 Å². The third-order valence-corrected chi connectivity index (χ3v) is 8.37. The van der Waals surface area contributed by atoms with Gasteiger partial charge in [0.25, 0.3) is 0 Å². The van der Waals surface area contributed by atoms with E-state index in [-0.39, 0.29) is 17.6 Å². The first kappa shape index (κ1) is 29.5. The Bertz CT molecular complexity index is 1500. The second-order valence-electron chi connectivity index (χ2n) is 13.3. The van der Waals surface area contributed by atoms with Crippen LogP contribution in [0.2, 0.25) is 0 Å². The van der Waals surface area contributed by atoms with Crippen LogP contribution >= 0.6 is 0 Å². The van der Waals surface area contributed by atoms with E-state index in [4.69, 9.17) is 18.9 Å². The molecule has 2 aliphatic heterocycles. The molecule has 2 unspecified atom stereocenters. The summed E-state index contributed by atoms with van der Waals surface area (Å²) in [6.07, 6.45) is 3.31. The SMILES string of the molecule is CC(C)c1ccc(Cc2ccc(-c3ccc(CC(C)(C)Cc4ccccc4OCC4CO4)cc3)cc2)c(OCC2CO2)c1. The molecule has 0 spiro atoms. The van der Waals surface area contributed by atoms with Crippen LogP contribution in [-0.2, 0) is 28.7 Å². The van der Waals surface area contributed by atoms with Gasteiger partial charge in [-0.1, -0.05) is 107 Å². The third kappa shape index (κ3) is 8.28. The largest absolute Gasteiger partial charge is 0.491 e. The Balaban J connectivity index is 1.08. The van der Waals surface area contributed by atoms with Crippen molar-refractivity contribution in [3.8, 4) is 22.6 Å². The Morgan fingerprint density at radius 3 is 1.86 bits per heavy atom. The molecule has 0 aromatic heterocycles. The third-order valence-electron chi connectivity index (χ3n) is 8.37. The maximum atomic E-state index is 6.19. The van der Waals surface area contributed by atoms with Gasteiger partial charge in [0.2, 0.25) is 0 Å². The highest BCUT2D eigenvalue weighted by molar-refractivity contribution is 5.64. The van der Waals surface area contributed by atoms with Crippen molar-refractivity contribution >= 4 is 0 Å². The van der Waals surface area contributed by atoms with Gasteiger partial charge in [0.05, 0.1) is 13.2 Å². The van der Waals surface area contributed by atoms with E-state index >= 15 is 0 Å². The summed E-state index contributed by atoms with van der Waals surface area (Å²) in [6.45, 7) is 12.0. The van der Waals surface area contributed by atoms with Crippen LogP contribution in [0.4, 0.5) is 0 Å². The van der Waals surface area contributed by atoms with E-state index in [9.17, 15) is 0 Å². The fourth-order valence-electron chi connectivity index (χ4n) is 5.68. The molecule has 2 heterocycles. The highest BCUT2D eigenvalue weighted by Crippen LogP contribution is 2.33. The van der Waals surface area contributed by atoms with E-state index in [0.29, 0.717) is 19.1 Å². The van der Waals surface area contributed by atoms with E-state index in [1.54, 1.807) is 0 Å². The molecule has 0 N–H and O–H groups in total. The minimum absolute atomic E-state index is 0.0975.